The fourth-order valence-corrected chi connectivity index (χ4v) is 5.32. The summed E-state index contributed by atoms with van der Waals surface area (Å²) in [6.07, 6.45) is 5.55. The topological polar surface area (TPSA) is 58.8 Å². The van der Waals surface area contributed by atoms with Crippen LogP contribution in [-0.2, 0) is 16.1 Å². The summed E-state index contributed by atoms with van der Waals surface area (Å²) >= 11 is 0. The summed E-state index contributed by atoms with van der Waals surface area (Å²) in [5.41, 5.74) is 2.09. The van der Waals surface area contributed by atoms with Gasteiger partial charge in [0.05, 0.1) is 0 Å². The first-order chi connectivity index (χ1) is 16.7. The van der Waals surface area contributed by atoms with Gasteiger partial charge < -0.3 is 9.64 Å². The Morgan fingerprint density at radius 1 is 1.11 bits per heavy atom. The van der Waals surface area contributed by atoms with Crippen LogP contribution in [0.25, 0.3) is 0 Å². The molecular weight excluding hydrogens is 455 g/mol. The molecule has 1 aromatic carbocycles. The van der Waals surface area contributed by atoms with Crippen LogP contribution in [0.3, 0.4) is 0 Å². The van der Waals surface area contributed by atoms with Gasteiger partial charge in [0.15, 0.2) is 0 Å². The zero-order valence-corrected chi connectivity index (χ0v) is 21.0. The third-order valence-electron chi connectivity index (χ3n) is 7.43. The van der Waals surface area contributed by atoms with E-state index in [9.17, 15) is 18.0 Å². The molecule has 0 bridgehead atoms. The number of benzene rings is 1. The number of ether oxygens (including phenoxy) is 1. The van der Waals surface area contributed by atoms with Gasteiger partial charge in [-0.3, -0.25) is 5.84 Å². The van der Waals surface area contributed by atoms with Crippen LogP contribution in [0.5, 0.6) is 0 Å². The molecule has 2 aliphatic rings. The van der Waals surface area contributed by atoms with Crippen molar-refractivity contribution in [3.8, 4) is 0 Å². The number of nitrogens with zero attached hydrogens (tertiary/aromatic N) is 2. The minimum absolute atomic E-state index is 0.0132. The van der Waals surface area contributed by atoms with Crippen LogP contribution < -0.4 is 5.84 Å². The Kier molecular flexibility index (Phi) is 10.0. The van der Waals surface area contributed by atoms with Gasteiger partial charge in [0.1, 0.15) is 12.8 Å². The smallest absolute Gasteiger partial charge is 0.455 e. The van der Waals surface area contributed by atoms with Gasteiger partial charge in [0.2, 0.25) is 0 Å². The van der Waals surface area contributed by atoms with Crippen LogP contribution in [0.4, 0.5) is 13.2 Å². The largest absolute Gasteiger partial charge is 0.490 e. The molecule has 4 atom stereocenters. The second kappa shape index (κ2) is 12.8. The number of carbonyl (C=O) groups is 1. The number of halogens is 3. The van der Waals surface area contributed by atoms with E-state index in [-0.39, 0.29) is 6.04 Å². The van der Waals surface area contributed by atoms with Crippen molar-refractivity contribution in [2.75, 3.05) is 6.61 Å². The number of hydrogen-bond acceptors (Lipinski definition) is 5. The summed E-state index contributed by atoms with van der Waals surface area (Å²) in [5.74, 6) is 5.36. The normalized spacial score (nSPS) is 26.3. The molecule has 1 saturated carbocycles. The van der Waals surface area contributed by atoms with E-state index in [1.807, 2.05) is 30.3 Å². The zero-order chi connectivity index (χ0) is 25.4. The highest BCUT2D eigenvalue weighted by Crippen LogP contribution is 2.34. The van der Waals surface area contributed by atoms with E-state index in [0.29, 0.717) is 18.4 Å². The molecule has 0 spiro atoms. The van der Waals surface area contributed by atoms with Gasteiger partial charge in [-0.25, -0.2) is 9.80 Å². The molecule has 2 aliphatic carbocycles. The molecule has 1 unspecified atom stereocenters. The third-order valence-corrected chi connectivity index (χ3v) is 7.43. The number of allylic oxidation sites excluding steroid dienone is 2. The van der Waals surface area contributed by atoms with Gasteiger partial charge in [0, 0.05) is 18.3 Å². The van der Waals surface area contributed by atoms with Crippen molar-refractivity contribution >= 4 is 5.97 Å². The highest BCUT2D eigenvalue weighted by Gasteiger charge is 2.43. The van der Waals surface area contributed by atoms with Crippen molar-refractivity contribution < 1.29 is 22.7 Å². The summed E-state index contributed by atoms with van der Waals surface area (Å²) in [6.45, 7) is 4.36. The number of rotatable bonds is 8. The number of nitrogens with two attached hydrogens (primary N) is 1. The molecule has 8 heteroatoms. The van der Waals surface area contributed by atoms with Gasteiger partial charge in [-0.15, -0.1) is 0 Å². The third kappa shape index (κ3) is 7.97. The Hall–Kier alpha value is -2.06. The molecule has 2 N–H and O–H groups in total. The summed E-state index contributed by atoms with van der Waals surface area (Å²) in [6, 6.07) is 9.82. The van der Waals surface area contributed by atoms with Crippen molar-refractivity contribution in [2.24, 2.45) is 17.7 Å². The molecule has 1 aromatic rings. The minimum atomic E-state index is -5.04. The van der Waals surface area contributed by atoms with Crippen molar-refractivity contribution in [3.63, 3.8) is 0 Å². The number of hydrazine groups is 1. The Labute approximate surface area is 207 Å². The zero-order valence-electron chi connectivity index (χ0n) is 21.0. The predicted molar refractivity (Wildman–Crippen MR) is 131 cm³/mol. The van der Waals surface area contributed by atoms with E-state index in [4.69, 9.17) is 10.6 Å². The van der Waals surface area contributed by atoms with Crippen molar-refractivity contribution in [1.82, 2.24) is 9.91 Å². The summed E-state index contributed by atoms with van der Waals surface area (Å²) in [4.78, 5) is 13.8. The Morgan fingerprint density at radius 2 is 1.83 bits per heavy atom. The van der Waals surface area contributed by atoms with Crippen LogP contribution in [0.1, 0.15) is 77.2 Å². The molecule has 0 saturated heterocycles. The average Bonchev–Trinajstić information content (AvgIpc) is 2.79. The molecule has 0 radical (unpaired) electrons. The standard InChI is InChI=1S/C27H40F3N3O2/c1-20-15-16-21(2)24(17-20)33(31)25(19-35-26(34)27(28,29)30)32(18-22-11-7-6-8-12-22)23-13-9-4-3-5-10-14-23/h6-8,11-13,20-21,24-25H,3-5,9-10,14-19,31H2,1-2H3/b23-13+/t20-,21-,24+,25?/m0/s1. The number of carbonyl (C=O) groups excluding carboxylic acids is 1. The van der Waals surface area contributed by atoms with E-state index in [1.165, 1.54) is 6.42 Å². The molecule has 0 amide bonds. The molecule has 0 heterocycles. The van der Waals surface area contributed by atoms with E-state index in [1.54, 1.807) is 5.01 Å². The molecule has 1 fully saturated rings. The molecule has 3 rings (SSSR count). The lowest BCUT2D eigenvalue weighted by atomic mass is 9.79. The van der Waals surface area contributed by atoms with Crippen LogP contribution in [0.15, 0.2) is 42.1 Å². The van der Waals surface area contributed by atoms with Gasteiger partial charge in [-0.1, -0.05) is 69.5 Å². The predicted octanol–water partition coefficient (Wildman–Crippen LogP) is 6.16. The molecular formula is C27H40F3N3O2. The van der Waals surface area contributed by atoms with Crippen molar-refractivity contribution in [1.29, 1.82) is 0 Å². The fourth-order valence-electron chi connectivity index (χ4n) is 5.32. The van der Waals surface area contributed by atoms with Crippen LogP contribution in [-0.4, -0.2) is 40.9 Å². The second-order valence-electron chi connectivity index (χ2n) is 10.2. The highest BCUT2D eigenvalue weighted by molar-refractivity contribution is 5.75. The molecule has 0 aliphatic heterocycles. The van der Waals surface area contributed by atoms with E-state index in [2.05, 4.69) is 24.8 Å². The van der Waals surface area contributed by atoms with E-state index in [0.717, 1.165) is 62.6 Å². The maximum absolute atomic E-state index is 13.0. The highest BCUT2D eigenvalue weighted by atomic mass is 19.4. The van der Waals surface area contributed by atoms with Gasteiger partial charge in [-0.2, -0.15) is 13.2 Å². The SMILES string of the molecule is C[C@H]1CC[C@H](C)[C@H](N(N)C(COC(=O)C(F)(F)F)N(Cc2ccccc2)/C2=C/CCCCCC2)C1. The summed E-state index contributed by atoms with van der Waals surface area (Å²) < 4.78 is 43.9. The van der Waals surface area contributed by atoms with Crippen molar-refractivity contribution in [2.45, 2.75) is 96.6 Å². The van der Waals surface area contributed by atoms with Crippen molar-refractivity contribution in [3.05, 3.63) is 47.7 Å². The number of alkyl halides is 3. The van der Waals surface area contributed by atoms with Gasteiger partial charge >= 0.3 is 12.1 Å². The molecule has 5 nitrogen and oxygen atoms in total. The average molecular weight is 496 g/mol. The fraction of sp³-hybridized carbons (Fsp3) is 0.667. The van der Waals surface area contributed by atoms with Gasteiger partial charge in [0.25, 0.3) is 0 Å². The number of esters is 1. The molecule has 35 heavy (non-hydrogen) atoms. The lowest BCUT2D eigenvalue weighted by Gasteiger charge is -2.46. The Balaban J connectivity index is 1.96. The van der Waals surface area contributed by atoms with Crippen LogP contribution >= 0.6 is 0 Å². The maximum Gasteiger partial charge on any atom is 0.490 e. The van der Waals surface area contributed by atoms with Gasteiger partial charge in [-0.05, 0) is 55.9 Å². The summed E-state index contributed by atoms with van der Waals surface area (Å²) in [7, 11) is 0. The van der Waals surface area contributed by atoms with E-state index >= 15 is 0 Å². The van der Waals surface area contributed by atoms with Crippen LogP contribution in [0, 0.1) is 11.8 Å². The first kappa shape index (κ1) is 27.5. The Morgan fingerprint density at radius 3 is 2.54 bits per heavy atom. The first-order valence-electron chi connectivity index (χ1n) is 12.9. The van der Waals surface area contributed by atoms with E-state index < -0.39 is 24.9 Å². The second-order valence-corrected chi connectivity index (χ2v) is 10.2. The molecule has 0 aromatic heterocycles. The first-order valence-corrected chi connectivity index (χ1v) is 12.9. The lowest BCUT2D eigenvalue weighted by Crippen LogP contribution is -2.60. The minimum Gasteiger partial charge on any atom is -0.455 e. The monoisotopic (exact) mass is 495 g/mol. The molecule has 196 valence electrons. The number of hydrogen-bond donors (Lipinski definition) is 1. The lowest BCUT2D eigenvalue weighted by molar-refractivity contribution is -0.203. The maximum atomic E-state index is 13.0. The van der Waals surface area contributed by atoms with Crippen LogP contribution in [0.2, 0.25) is 0 Å². The summed E-state index contributed by atoms with van der Waals surface area (Å²) in [5, 5.41) is 1.69. The Bertz CT molecular complexity index is 831. The quantitative estimate of drug-likeness (QED) is 0.203.